The molecular formula is C11H12N4. The molecule has 0 bridgehead atoms. The molecule has 4 nitrogen and oxygen atoms in total. The molecule has 0 aliphatic heterocycles. The van der Waals surface area contributed by atoms with E-state index >= 15 is 0 Å². The first kappa shape index (κ1) is 8.59. The highest BCUT2D eigenvalue weighted by Gasteiger charge is 2.18. The van der Waals surface area contributed by atoms with Crippen molar-refractivity contribution in [1.29, 1.82) is 0 Å². The van der Waals surface area contributed by atoms with Crippen molar-refractivity contribution in [1.82, 2.24) is 19.5 Å². The molecule has 3 rings (SSSR count). The molecule has 0 saturated carbocycles. The van der Waals surface area contributed by atoms with E-state index in [2.05, 4.69) is 15.0 Å². The van der Waals surface area contributed by atoms with Crippen LogP contribution in [0.3, 0.4) is 0 Å². The maximum Gasteiger partial charge on any atom is 0.145 e. The van der Waals surface area contributed by atoms with Crippen molar-refractivity contribution in [2.45, 2.75) is 26.2 Å². The molecule has 2 aromatic heterocycles. The van der Waals surface area contributed by atoms with Gasteiger partial charge in [0.05, 0.1) is 0 Å². The summed E-state index contributed by atoms with van der Waals surface area (Å²) in [6, 6.07) is 0. The summed E-state index contributed by atoms with van der Waals surface area (Å²) in [4.78, 5) is 13.0. The fraction of sp³-hybridized carbons (Fsp3) is 0.364. The van der Waals surface area contributed by atoms with E-state index in [1.807, 2.05) is 17.7 Å². The van der Waals surface area contributed by atoms with Crippen LogP contribution in [0.2, 0.25) is 0 Å². The van der Waals surface area contributed by atoms with Gasteiger partial charge in [0.2, 0.25) is 0 Å². The van der Waals surface area contributed by atoms with Crippen LogP contribution in [0.1, 0.15) is 23.5 Å². The molecule has 0 radical (unpaired) electrons. The molecule has 4 heteroatoms. The van der Waals surface area contributed by atoms with Crippen LogP contribution in [0.15, 0.2) is 18.7 Å². The third-order valence-electron chi connectivity index (χ3n) is 2.77. The Morgan fingerprint density at radius 2 is 2.20 bits per heavy atom. The Labute approximate surface area is 88.0 Å². The van der Waals surface area contributed by atoms with Crippen molar-refractivity contribution in [3.63, 3.8) is 0 Å². The maximum absolute atomic E-state index is 4.50. The van der Waals surface area contributed by atoms with Crippen molar-refractivity contribution >= 4 is 0 Å². The van der Waals surface area contributed by atoms with Crippen LogP contribution in [-0.2, 0) is 12.8 Å². The fourth-order valence-corrected chi connectivity index (χ4v) is 2.13. The van der Waals surface area contributed by atoms with Crippen LogP contribution in [0.4, 0.5) is 0 Å². The molecule has 0 amide bonds. The van der Waals surface area contributed by atoms with Gasteiger partial charge in [-0.15, -0.1) is 0 Å². The minimum absolute atomic E-state index is 0.847. The third-order valence-corrected chi connectivity index (χ3v) is 2.77. The van der Waals surface area contributed by atoms with Crippen molar-refractivity contribution in [3.05, 3.63) is 35.8 Å². The van der Waals surface area contributed by atoms with Crippen LogP contribution in [-0.4, -0.2) is 19.5 Å². The van der Waals surface area contributed by atoms with E-state index < -0.39 is 0 Å². The summed E-state index contributed by atoms with van der Waals surface area (Å²) in [6.07, 6.45) is 8.86. The van der Waals surface area contributed by atoms with Crippen molar-refractivity contribution in [2.24, 2.45) is 0 Å². The standard InChI is InChI=1S/C11H12N4/c1-8-13-10-4-2-3-9(10)11(14-8)15-6-5-12-7-15/h5-7H,2-4H2,1H3. The highest BCUT2D eigenvalue weighted by Crippen LogP contribution is 2.24. The lowest BCUT2D eigenvalue weighted by atomic mass is 10.2. The summed E-state index contributed by atoms with van der Waals surface area (Å²) in [6.45, 7) is 1.94. The second kappa shape index (κ2) is 3.15. The van der Waals surface area contributed by atoms with E-state index in [9.17, 15) is 0 Å². The first-order chi connectivity index (χ1) is 7.34. The Morgan fingerprint density at radius 1 is 1.27 bits per heavy atom. The van der Waals surface area contributed by atoms with Crippen LogP contribution in [0.5, 0.6) is 0 Å². The lowest BCUT2D eigenvalue weighted by Gasteiger charge is -2.08. The Balaban J connectivity index is 2.23. The number of hydrogen-bond donors (Lipinski definition) is 0. The Kier molecular flexibility index (Phi) is 1.80. The van der Waals surface area contributed by atoms with Gasteiger partial charge < -0.3 is 0 Å². The molecule has 0 aromatic carbocycles. The average Bonchev–Trinajstić information content (AvgIpc) is 2.86. The van der Waals surface area contributed by atoms with E-state index in [1.165, 1.54) is 17.7 Å². The van der Waals surface area contributed by atoms with Crippen molar-refractivity contribution in [2.75, 3.05) is 0 Å². The summed E-state index contributed by atoms with van der Waals surface area (Å²) < 4.78 is 1.97. The third kappa shape index (κ3) is 1.33. The predicted octanol–water partition coefficient (Wildman–Crippen LogP) is 1.46. The van der Waals surface area contributed by atoms with E-state index in [0.717, 1.165) is 24.5 Å². The van der Waals surface area contributed by atoms with Crippen LogP contribution >= 0.6 is 0 Å². The largest absolute Gasteiger partial charge is 0.290 e. The quantitative estimate of drug-likeness (QED) is 0.700. The fourth-order valence-electron chi connectivity index (χ4n) is 2.13. The van der Waals surface area contributed by atoms with E-state index in [4.69, 9.17) is 0 Å². The van der Waals surface area contributed by atoms with E-state index in [-0.39, 0.29) is 0 Å². The first-order valence-electron chi connectivity index (χ1n) is 5.19. The minimum atomic E-state index is 0.847. The molecule has 0 unspecified atom stereocenters. The number of aromatic nitrogens is 4. The van der Waals surface area contributed by atoms with Crippen LogP contribution < -0.4 is 0 Å². The highest BCUT2D eigenvalue weighted by atomic mass is 15.1. The zero-order chi connectivity index (χ0) is 10.3. The molecule has 0 fully saturated rings. The second-order valence-electron chi connectivity index (χ2n) is 3.84. The van der Waals surface area contributed by atoms with Crippen LogP contribution in [0, 0.1) is 6.92 Å². The summed E-state index contributed by atoms with van der Waals surface area (Å²) >= 11 is 0. The lowest BCUT2D eigenvalue weighted by Crippen LogP contribution is -2.05. The Morgan fingerprint density at radius 3 is 3.00 bits per heavy atom. The van der Waals surface area contributed by atoms with Crippen molar-refractivity contribution < 1.29 is 0 Å². The zero-order valence-electron chi connectivity index (χ0n) is 8.64. The molecule has 0 saturated heterocycles. The van der Waals surface area contributed by atoms with Gasteiger partial charge in [-0.3, -0.25) is 4.57 Å². The monoisotopic (exact) mass is 200 g/mol. The number of nitrogens with zero attached hydrogens (tertiary/aromatic N) is 4. The maximum atomic E-state index is 4.50. The Hall–Kier alpha value is -1.71. The Bertz CT molecular complexity index is 488. The summed E-state index contributed by atoms with van der Waals surface area (Å²) in [5, 5.41) is 0. The van der Waals surface area contributed by atoms with Gasteiger partial charge >= 0.3 is 0 Å². The SMILES string of the molecule is Cc1nc2c(c(-n3ccnc3)n1)CCC2. The molecule has 2 aromatic rings. The van der Waals surface area contributed by atoms with Gasteiger partial charge in [-0.1, -0.05) is 0 Å². The highest BCUT2D eigenvalue weighted by molar-refractivity contribution is 5.40. The molecule has 76 valence electrons. The smallest absolute Gasteiger partial charge is 0.145 e. The summed E-state index contributed by atoms with van der Waals surface area (Å²) in [7, 11) is 0. The number of rotatable bonds is 1. The van der Waals surface area contributed by atoms with Crippen LogP contribution in [0.25, 0.3) is 5.82 Å². The zero-order valence-corrected chi connectivity index (χ0v) is 8.64. The van der Waals surface area contributed by atoms with E-state index in [1.54, 1.807) is 12.5 Å². The number of hydrogen-bond acceptors (Lipinski definition) is 3. The minimum Gasteiger partial charge on any atom is -0.290 e. The van der Waals surface area contributed by atoms with Gasteiger partial charge in [0.25, 0.3) is 0 Å². The first-order valence-corrected chi connectivity index (χ1v) is 5.19. The lowest BCUT2D eigenvalue weighted by molar-refractivity contribution is 0.895. The van der Waals surface area contributed by atoms with E-state index in [0.29, 0.717) is 0 Å². The molecule has 1 aliphatic carbocycles. The number of aryl methyl sites for hydroxylation is 2. The van der Waals surface area contributed by atoms with Gasteiger partial charge in [-0.05, 0) is 26.2 Å². The number of fused-ring (bicyclic) bond motifs is 1. The molecule has 1 aliphatic rings. The molecule has 0 atom stereocenters. The van der Waals surface area contributed by atoms with Gasteiger partial charge in [0.15, 0.2) is 0 Å². The summed E-state index contributed by atoms with van der Waals surface area (Å²) in [5.41, 5.74) is 2.50. The number of imidazole rings is 1. The predicted molar refractivity (Wildman–Crippen MR) is 55.9 cm³/mol. The van der Waals surface area contributed by atoms with Gasteiger partial charge in [0.1, 0.15) is 18.0 Å². The molecule has 0 N–H and O–H groups in total. The topological polar surface area (TPSA) is 43.6 Å². The molecule has 2 heterocycles. The van der Waals surface area contributed by atoms with Gasteiger partial charge in [-0.25, -0.2) is 15.0 Å². The molecule has 15 heavy (non-hydrogen) atoms. The summed E-state index contributed by atoms with van der Waals surface area (Å²) in [5.74, 6) is 1.85. The second-order valence-corrected chi connectivity index (χ2v) is 3.84. The normalized spacial score (nSPS) is 14.2. The average molecular weight is 200 g/mol. The van der Waals surface area contributed by atoms with Gasteiger partial charge in [-0.2, -0.15) is 0 Å². The molecule has 0 spiro atoms. The van der Waals surface area contributed by atoms with Crippen molar-refractivity contribution in [3.8, 4) is 5.82 Å². The molecular weight excluding hydrogens is 188 g/mol. The van der Waals surface area contributed by atoms with Gasteiger partial charge in [0, 0.05) is 23.7 Å².